The van der Waals surface area contributed by atoms with E-state index in [0.717, 1.165) is 63.2 Å². The van der Waals surface area contributed by atoms with Gasteiger partial charge < -0.3 is 15.1 Å². The first kappa shape index (κ1) is 25.2. The van der Waals surface area contributed by atoms with Crippen molar-refractivity contribution in [1.29, 1.82) is 0 Å². The Balaban J connectivity index is 1.35. The van der Waals surface area contributed by atoms with Gasteiger partial charge in [0.2, 0.25) is 5.91 Å². The van der Waals surface area contributed by atoms with Crippen LogP contribution in [-0.4, -0.2) is 58.5 Å². The summed E-state index contributed by atoms with van der Waals surface area (Å²) in [5, 5.41) is 3.79. The molecule has 2 saturated heterocycles. The summed E-state index contributed by atoms with van der Waals surface area (Å²) in [5.41, 5.74) is 5.13. The van der Waals surface area contributed by atoms with E-state index in [1.165, 1.54) is 16.8 Å². The number of carbonyl (C=O) groups excluding carboxylic acids is 1. The average Bonchev–Trinajstić information content (AvgIpc) is 3.40. The fourth-order valence-corrected chi connectivity index (χ4v) is 6.36. The first-order valence-corrected chi connectivity index (χ1v) is 13.8. The summed E-state index contributed by atoms with van der Waals surface area (Å²) in [7, 11) is 0. The molecule has 1 amide bonds. The lowest BCUT2D eigenvalue weighted by Gasteiger charge is -2.39. The minimum atomic E-state index is -0.157. The molecule has 0 radical (unpaired) electrons. The van der Waals surface area contributed by atoms with Gasteiger partial charge in [-0.1, -0.05) is 52.0 Å². The highest BCUT2D eigenvalue weighted by Gasteiger charge is 2.41. The Bertz CT molecular complexity index is 1100. The average molecular weight is 490 g/mol. The van der Waals surface area contributed by atoms with Gasteiger partial charge in [0.05, 0.1) is 5.92 Å². The number of carbonyl (C=O) groups is 1. The molecule has 3 heterocycles. The zero-order valence-electron chi connectivity index (χ0n) is 23.0. The van der Waals surface area contributed by atoms with E-state index in [-0.39, 0.29) is 28.8 Å². The van der Waals surface area contributed by atoms with Crippen LogP contribution in [0.3, 0.4) is 0 Å². The normalized spacial score (nSPS) is 24.6. The summed E-state index contributed by atoms with van der Waals surface area (Å²) >= 11 is 0. The van der Waals surface area contributed by atoms with Crippen molar-refractivity contribution in [3.8, 4) is 0 Å². The summed E-state index contributed by atoms with van der Waals surface area (Å²) in [4.78, 5) is 27.8. The van der Waals surface area contributed by atoms with E-state index in [1.54, 1.807) is 6.33 Å². The van der Waals surface area contributed by atoms with Crippen LogP contribution >= 0.6 is 0 Å². The Kier molecular flexibility index (Phi) is 6.61. The first-order valence-electron chi connectivity index (χ1n) is 13.8. The van der Waals surface area contributed by atoms with Crippen LogP contribution in [0.15, 0.2) is 30.6 Å². The molecule has 5 rings (SSSR count). The topological polar surface area (TPSA) is 61.4 Å². The number of hydrogen-bond acceptors (Lipinski definition) is 5. The predicted octanol–water partition coefficient (Wildman–Crippen LogP) is 4.79. The third-order valence-electron chi connectivity index (χ3n) is 8.60. The van der Waals surface area contributed by atoms with Crippen molar-refractivity contribution in [3.05, 3.63) is 53.0 Å². The second-order valence-corrected chi connectivity index (χ2v) is 12.8. The van der Waals surface area contributed by atoms with Gasteiger partial charge in [0, 0.05) is 49.0 Å². The highest BCUT2D eigenvalue weighted by Crippen LogP contribution is 2.38. The Morgan fingerprint density at radius 3 is 2.36 bits per heavy atom. The van der Waals surface area contributed by atoms with E-state index >= 15 is 0 Å². The second kappa shape index (κ2) is 9.44. The van der Waals surface area contributed by atoms with Gasteiger partial charge >= 0.3 is 0 Å². The lowest BCUT2D eigenvalue weighted by molar-refractivity contribution is -0.133. The molecule has 3 atom stereocenters. The van der Waals surface area contributed by atoms with Crippen LogP contribution in [0.5, 0.6) is 0 Å². The van der Waals surface area contributed by atoms with Crippen molar-refractivity contribution in [1.82, 2.24) is 20.2 Å². The maximum atomic E-state index is 14.1. The molecular formula is C30H43N5O. The molecule has 0 spiro atoms. The number of aryl methyl sites for hydroxylation is 1. The van der Waals surface area contributed by atoms with Crippen LogP contribution in [0, 0.1) is 0 Å². The van der Waals surface area contributed by atoms with Crippen LogP contribution in [0.4, 0.5) is 5.82 Å². The number of fused-ring (bicyclic) bond motifs is 1. The van der Waals surface area contributed by atoms with Gasteiger partial charge in [-0.15, -0.1) is 0 Å². The summed E-state index contributed by atoms with van der Waals surface area (Å²) < 4.78 is 0. The molecule has 2 fully saturated rings. The van der Waals surface area contributed by atoms with Crippen LogP contribution in [-0.2, 0) is 16.6 Å². The second-order valence-electron chi connectivity index (χ2n) is 12.8. The Labute approximate surface area is 216 Å². The number of rotatable bonds is 4. The van der Waals surface area contributed by atoms with E-state index in [1.807, 2.05) is 0 Å². The molecule has 0 bridgehead atoms. The number of benzene rings is 1. The zero-order chi connectivity index (χ0) is 25.7. The number of anilines is 1. The highest BCUT2D eigenvalue weighted by atomic mass is 16.2. The third-order valence-corrected chi connectivity index (χ3v) is 8.60. The van der Waals surface area contributed by atoms with Crippen molar-refractivity contribution in [2.75, 3.05) is 31.1 Å². The van der Waals surface area contributed by atoms with Gasteiger partial charge in [-0.3, -0.25) is 4.79 Å². The third kappa shape index (κ3) is 4.89. The number of nitrogens with zero attached hydrogens (tertiary/aromatic N) is 4. The van der Waals surface area contributed by atoms with Gasteiger partial charge in [-0.2, -0.15) is 0 Å². The van der Waals surface area contributed by atoms with Gasteiger partial charge in [0.25, 0.3) is 0 Å². The van der Waals surface area contributed by atoms with E-state index in [4.69, 9.17) is 0 Å². The number of amides is 1. The van der Waals surface area contributed by atoms with E-state index < -0.39 is 0 Å². The lowest BCUT2D eigenvalue weighted by atomic mass is 9.83. The molecule has 0 saturated carbocycles. The zero-order valence-corrected chi connectivity index (χ0v) is 23.0. The number of piperazine rings is 1. The SMILES string of the molecule is C[C@@H]1CCc2ncnc(N3CCN(C(=O)[C@@H](c4ccc(C(C)(C)C)cc4)[C@@H]4CCC(C)(C)N4)CC3)c21. The summed E-state index contributed by atoms with van der Waals surface area (Å²) in [6.45, 7) is 16.6. The van der Waals surface area contributed by atoms with Crippen molar-refractivity contribution in [3.63, 3.8) is 0 Å². The fraction of sp³-hybridized carbons (Fsp3) is 0.633. The molecule has 194 valence electrons. The van der Waals surface area contributed by atoms with Crippen molar-refractivity contribution in [2.24, 2.45) is 0 Å². The van der Waals surface area contributed by atoms with E-state index in [2.05, 4.69) is 90.9 Å². The molecule has 6 nitrogen and oxygen atoms in total. The summed E-state index contributed by atoms with van der Waals surface area (Å²) in [6, 6.07) is 8.97. The molecule has 6 heteroatoms. The maximum absolute atomic E-state index is 14.1. The van der Waals surface area contributed by atoms with Crippen LogP contribution in [0.2, 0.25) is 0 Å². The molecule has 0 unspecified atom stereocenters. The molecule has 1 aromatic carbocycles. The fourth-order valence-electron chi connectivity index (χ4n) is 6.36. The number of nitrogens with one attached hydrogen (secondary N) is 1. The Morgan fingerprint density at radius 1 is 1.06 bits per heavy atom. The Morgan fingerprint density at radius 2 is 1.75 bits per heavy atom. The minimum absolute atomic E-state index is 0.0668. The maximum Gasteiger partial charge on any atom is 0.231 e. The van der Waals surface area contributed by atoms with E-state index in [0.29, 0.717) is 5.92 Å². The Hall–Kier alpha value is -2.47. The van der Waals surface area contributed by atoms with Gasteiger partial charge in [0.15, 0.2) is 0 Å². The van der Waals surface area contributed by atoms with Crippen LogP contribution < -0.4 is 10.2 Å². The lowest BCUT2D eigenvalue weighted by Crippen LogP contribution is -2.53. The van der Waals surface area contributed by atoms with Gasteiger partial charge in [-0.05, 0) is 62.0 Å². The van der Waals surface area contributed by atoms with Crippen molar-refractivity contribution < 1.29 is 4.79 Å². The molecule has 2 aromatic rings. The first-order chi connectivity index (χ1) is 17.0. The smallest absolute Gasteiger partial charge is 0.231 e. The molecule has 1 aromatic heterocycles. The van der Waals surface area contributed by atoms with Gasteiger partial charge in [-0.25, -0.2) is 9.97 Å². The molecular weight excluding hydrogens is 446 g/mol. The van der Waals surface area contributed by atoms with Crippen LogP contribution in [0.1, 0.15) is 95.0 Å². The summed E-state index contributed by atoms with van der Waals surface area (Å²) in [5.74, 6) is 1.70. The quantitative estimate of drug-likeness (QED) is 0.669. The molecule has 2 aliphatic heterocycles. The minimum Gasteiger partial charge on any atom is -0.353 e. The van der Waals surface area contributed by atoms with Crippen molar-refractivity contribution in [2.45, 2.75) is 96.1 Å². The standard InChI is InChI=1S/C30H43N5O/c1-20-7-12-23-25(20)27(32-19-31-23)34-15-17-35(18-16-34)28(36)26(24-13-14-30(5,6)33-24)21-8-10-22(11-9-21)29(2,3)4/h8-11,19-20,24,26,33H,7,12-18H2,1-6H3/t20-,24+,26+/m1/s1. The largest absolute Gasteiger partial charge is 0.353 e. The number of hydrogen-bond donors (Lipinski definition) is 1. The van der Waals surface area contributed by atoms with Crippen LogP contribution in [0.25, 0.3) is 0 Å². The number of aromatic nitrogens is 2. The van der Waals surface area contributed by atoms with E-state index in [9.17, 15) is 4.79 Å². The molecule has 36 heavy (non-hydrogen) atoms. The molecule has 3 aliphatic rings. The summed E-state index contributed by atoms with van der Waals surface area (Å²) in [6.07, 6.45) is 6.03. The van der Waals surface area contributed by atoms with Gasteiger partial charge in [0.1, 0.15) is 12.1 Å². The monoisotopic (exact) mass is 489 g/mol. The predicted molar refractivity (Wildman–Crippen MR) is 146 cm³/mol. The molecule has 1 N–H and O–H groups in total. The van der Waals surface area contributed by atoms with Crippen molar-refractivity contribution >= 4 is 11.7 Å². The molecule has 1 aliphatic carbocycles. The highest BCUT2D eigenvalue weighted by molar-refractivity contribution is 5.85.